The van der Waals surface area contributed by atoms with Crippen molar-refractivity contribution >= 4 is 32.9 Å². The number of hydrogen-bond acceptors (Lipinski definition) is 7. The fraction of sp³-hybridized carbons (Fsp3) is 0.625. The van der Waals surface area contributed by atoms with E-state index in [-0.39, 0.29) is 17.7 Å². The van der Waals surface area contributed by atoms with Gasteiger partial charge in [0.2, 0.25) is 15.9 Å². The molecule has 146 valence electrons. The summed E-state index contributed by atoms with van der Waals surface area (Å²) in [5, 5.41) is 5.14. The number of nitrogens with zero attached hydrogens (tertiary/aromatic N) is 5. The van der Waals surface area contributed by atoms with Crippen LogP contribution in [0.1, 0.15) is 38.1 Å². The number of sulfonamides is 1. The van der Waals surface area contributed by atoms with Crippen molar-refractivity contribution in [2.75, 3.05) is 24.6 Å². The highest BCUT2D eigenvalue weighted by Crippen LogP contribution is 2.46. The molecule has 2 fully saturated rings. The zero-order valence-corrected chi connectivity index (χ0v) is 15.7. The number of nitrogen functional groups attached to an aromatic ring is 1. The van der Waals surface area contributed by atoms with E-state index < -0.39 is 15.4 Å². The normalized spacial score (nSPS) is 22.1. The van der Waals surface area contributed by atoms with Gasteiger partial charge in [-0.05, 0) is 25.7 Å². The highest BCUT2D eigenvalue weighted by Gasteiger charge is 2.47. The van der Waals surface area contributed by atoms with Crippen LogP contribution in [0.4, 0.5) is 5.82 Å². The Bertz CT molecular complexity index is 983. The number of anilines is 1. The molecule has 3 heterocycles. The average molecular weight is 393 g/mol. The smallest absolute Gasteiger partial charge is 0.228 e. The molecule has 10 nitrogen and oxygen atoms in total. The summed E-state index contributed by atoms with van der Waals surface area (Å²) in [5.74, 6) is 0.220. The molecule has 2 aromatic rings. The van der Waals surface area contributed by atoms with Gasteiger partial charge in [-0.15, -0.1) is 0 Å². The predicted octanol–water partition coefficient (Wildman–Crippen LogP) is 0.0308. The predicted molar refractivity (Wildman–Crippen MR) is 98.8 cm³/mol. The van der Waals surface area contributed by atoms with Gasteiger partial charge >= 0.3 is 0 Å². The Labute approximate surface area is 157 Å². The van der Waals surface area contributed by atoms with Crippen molar-refractivity contribution in [1.82, 2.24) is 24.4 Å². The number of likely N-dealkylation sites (tertiary alicyclic amines) is 1. The number of carbonyl (C=O) groups is 1. The van der Waals surface area contributed by atoms with E-state index in [0.29, 0.717) is 36.5 Å². The maximum atomic E-state index is 13.1. The summed E-state index contributed by atoms with van der Waals surface area (Å²) in [4.78, 5) is 27.5. The molecule has 1 atom stereocenters. The van der Waals surface area contributed by atoms with Crippen LogP contribution in [0.2, 0.25) is 0 Å². The van der Waals surface area contributed by atoms with Gasteiger partial charge in [-0.2, -0.15) is 0 Å². The van der Waals surface area contributed by atoms with Crippen LogP contribution in [-0.4, -0.2) is 57.6 Å². The van der Waals surface area contributed by atoms with E-state index in [2.05, 4.69) is 15.0 Å². The number of primary sulfonamides is 1. The standard InChI is InChI=1S/C16H23N7O3S/c17-13-12-14(20-9-19-13)23(10-21-12)11-2-6-22(8-11)15(24)16(3-1-4-16)5-7-27(18,25)26/h9-11H,1-8H2,(H2,17,19,20)(H2,18,25,26). The zero-order valence-electron chi connectivity index (χ0n) is 14.9. The molecule has 0 aromatic carbocycles. The van der Waals surface area contributed by atoms with Crippen LogP contribution >= 0.6 is 0 Å². The summed E-state index contributed by atoms with van der Waals surface area (Å²) >= 11 is 0. The second-order valence-electron chi connectivity index (χ2n) is 7.53. The van der Waals surface area contributed by atoms with Crippen LogP contribution in [0.15, 0.2) is 12.7 Å². The van der Waals surface area contributed by atoms with Crippen LogP contribution in [0.3, 0.4) is 0 Å². The van der Waals surface area contributed by atoms with Crippen molar-refractivity contribution in [1.29, 1.82) is 0 Å². The SMILES string of the molecule is Nc1ncnc2c1ncn2C1CCN(C(=O)C2(CCS(N)(=O)=O)CCC2)C1. The summed E-state index contributed by atoms with van der Waals surface area (Å²) in [6.07, 6.45) is 6.56. The van der Waals surface area contributed by atoms with Crippen molar-refractivity contribution in [2.45, 2.75) is 38.1 Å². The maximum Gasteiger partial charge on any atom is 0.228 e. The second kappa shape index (κ2) is 6.41. The van der Waals surface area contributed by atoms with Crippen LogP contribution in [0.25, 0.3) is 11.2 Å². The molecule has 1 aliphatic carbocycles. The van der Waals surface area contributed by atoms with Crippen LogP contribution < -0.4 is 10.9 Å². The monoisotopic (exact) mass is 393 g/mol. The molecule has 4 rings (SSSR count). The molecule has 1 saturated heterocycles. The summed E-state index contributed by atoms with van der Waals surface area (Å²) < 4.78 is 24.6. The van der Waals surface area contributed by atoms with Crippen molar-refractivity contribution in [3.05, 3.63) is 12.7 Å². The van der Waals surface area contributed by atoms with E-state index in [1.807, 2.05) is 9.47 Å². The Kier molecular flexibility index (Phi) is 4.30. The molecule has 1 saturated carbocycles. The molecule has 0 spiro atoms. The first-order chi connectivity index (χ1) is 12.8. The van der Waals surface area contributed by atoms with Crippen LogP contribution in [0.5, 0.6) is 0 Å². The Morgan fingerprint density at radius 1 is 1.30 bits per heavy atom. The quantitative estimate of drug-likeness (QED) is 0.727. The summed E-state index contributed by atoms with van der Waals surface area (Å²) in [7, 11) is -3.57. The first-order valence-corrected chi connectivity index (χ1v) is 10.7. The highest BCUT2D eigenvalue weighted by molar-refractivity contribution is 7.89. The third kappa shape index (κ3) is 3.25. The van der Waals surface area contributed by atoms with Gasteiger partial charge < -0.3 is 15.2 Å². The molecule has 11 heteroatoms. The fourth-order valence-corrected chi connectivity index (χ4v) is 4.81. The molecular weight excluding hydrogens is 370 g/mol. The van der Waals surface area contributed by atoms with E-state index in [9.17, 15) is 13.2 Å². The number of imidazole rings is 1. The molecule has 2 aliphatic rings. The van der Waals surface area contributed by atoms with E-state index >= 15 is 0 Å². The molecule has 1 aliphatic heterocycles. The van der Waals surface area contributed by atoms with Crippen LogP contribution in [-0.2, 0) is 14.8 Å². The molecule has 4 N–H and O–H groups in total. The summed E-state index contributed by atoms with van der Waals surface area (Å²) in [6, 6.07) is 0.0589. The minimum absolute atomic E-state index is 0.0402. The summed E-state index contributed by atoms with van der Waals surface area (Å²) in [5.41, 5.74) is 6.49. The fourth-order valence-electron chi connectivity index (χ4n) is 4.14. The van der Waals surface area contributed by atoms with Gasteiger partial charge in [-0.25, -0.2) is 28.5 Å². The van der Waals surface area contributed by atoms with Crippen LogP contribution in [0, 0.1) is 5.41 Å². The van der Waals surface area contributed by atoms with E-state index in [1.165, 1.54) is 6.33 Å². The van der Waals surface area contributed by atoms with E-state index in [4.69, 9.17) is 10.9 Å². The number of nitrogens with two attached hydrogens (primary N) is 2. The molecule has 1 unspecified atom stereocenters. The first kappa shape index (κ1) is 18.1. The van der Waals surface area contributed by atoms with Crippen molar-refractivity contribution in [3.8, 4) is 0 Å². The second-order valence-corrected chi connectivity index (χ2v) is 9.26. The number of fused-ring (bicyclic) bond motifs is 1. The minimum atomic E-state index is -3.57. The van der Waals surface area contributed by atoms with Gasteiger partial charge in [0, 0.05) is 13.1 Å². The molecule has 0 bridgehead atoms. The number of amides is 1. The summed E-state index contributed by atoms with van der Waals surface area (Å²) in [6.45, 7) is 1.17. The lowest BCUT2D eigenvalue weighted by molar-refractivity contribution is -0.146. The number of hydrogen-bond donors (Lipinski definition) is 2. The van der Waals surface area contributed by atoms with Gasteiger partial charge in [0.05, 0.1) is 23.5 Å². The molecule has 0 radical (unpaired) electrons. The lowest BCUT2D eigenvalue weighted by atomic mass is 9.66. The van der Waals surface area contributed by atoms with Crippen molar-refractivity contribution in [2.24, 2.45) is 10.6 Å². The molecule has 27 heavy (non-hydrogen) atoms. The Balaban J connectivity index is 1.50. The topological polar surface area (TPSA) is 150 Å². The number of aromatic nitrogens is 4. The lowest BCUT2D eigenvalue weighted by Crippen LogP contribution is -2.48. The largest absolute Gasteiger partial charge is 0.382 e. The first-order valence-electron chi connectivity index (χ1n) is 9.02. The zero-order chi connectivity index (χ0) is 19.2. The van der Waals surface area contributed by atoms with Crippen molar-refractivity contribution < 1.29 is 13.2 Å². The Morgan fingerprint density at radius 2 is 2.07 bits per heavy atom. The molecular formula is C16H23N7O3S. The number of rotatable bonds is 5. The van der Waals surface area contributed by atoms with Gasteiger partial charge in [0.25, 0.3) is 0 Å². The third-order valence-electron chi connectivity index (χ3n) is 5.86. The van der Waals surface area contributed by atoms with Gasteiger partial charge in [0.15, 0.2) is 11.5 Å². The minimum Gasteiger partial charge on any atom is -0.382 e. The van der Waals surface area contributed by atoms with Gasteiger partial charge in [-0.1, -0.05) is 6.42 Å². The maximum absolute atomic E-state index is 13.1. The lowest BCUT2D eigenvalue weighted by Gasteiger charge is -2.42. The Morgan fingerprint density at radius 3 is 2.74 bits per heavy atom. The third-order valence-corrected chi connectivity index (χ3v) is 6.63. The van der Waals surface area contributed by atoms with Gasteiger partial charge in [0.1, 0.15) is 11.8 Å². The highest BCUT2D eigenvalue weighted by atomic mass is 32.2. The van der Waals surface area contributed by atoms with Crippen molar-refractivity contribution in [3.63, 3.8) is 0 Å². The molecule has 2 aromatic heterocycles. The Hall–Kier alpha value is -2.27. The van der Waals surface area contributed by atoms with E-state index in [0.717, 1.165) is 25.7 Å². The average Bonchev–Trinajstić information content (AvgIpc) is 3.19. The van der Waals surface area contributed by atoms with E-state index in [1.54, 1.807) is 6.33 Å². The molecule has 1 amide bonds. The van der Waals surface area contributed by atoms with Gasteiger partial charge in [-0.3, -0.25) is 4.79 Å². The number of carbonyl (C=O) groups excluding carboxylic acids is 1.